The molecule has 2 aromatic rings. The Hall–Kier alpha value is -2.18. The quantitative estimate of drug-likeness (QED) is 0.844. The summed E-state index contributed by atoms with van der Waals surface area (Å²) >= 11 is 0. The summed E-state index contributed by atoms with van der Waals surface area (Å²) in [6.07, 6.45) is 0.918. The number of aryl methyl sites for hydroxylation is 2. The fraction of sp³-hybridized carbons (Fsp3) is 0.278. The standard InChI is InChI=1S/C18H22N2O3S/c1-4-15-7-9-16(10-8-15)19-18(21)14(3)20-24(22,23)17-11-5-13(2)6-12-17/h5-12,14,20H,4H2,1-3H3,(H,19,21)/t14-/m1/s1. The third-order valence-corrected chi connectivity index (χ3v) is 5.24. The van der Waals surface area contributed by atoms with Gasteiger partial charge in [0.15, 0.2) is 0 Å². The van der Waals surface area contributed by atoms with E-state index in [9.17, 15) is 13.2 Å². The van der Waals surface area contributed by atoms with E-state index in [0.717, 1.165) is 12.0 Å². The molecule has 0 heterocycles. The van der Waals surface area contributed by atoms with Crippen molar-refractivity contribution >= 4 is 21.6 Å². The van der Waals surface area contributed by atoms with E-state index in [2.05, 4.69) is 17.0 Å². The molecule has 0 aliphatic carbocycles. The number of rotatable bonds is 6. The van der Waals surface area contributed by atoms with E-state index in [4.69, 9.17) is 0 Å². The van der Waals surface area contributed by atoms with Gasteiger partial charge in [-0.2, -0.15) is 4.72 Å². The number of carbonyl (C=O) groups excluding carboxylic acids is 1. The normalized spacial score (nSPS) is 12.6. The molecule has 0 spiro atoms. The van der Waals surface area contributed by atoms with Crippen LogP contribution < -0.4 is 10.0 Å². The Morgan fingerprint density at radius 3 is 2.17 bits per heavy atom. The van der Waals surface area contributed by atoms with Gasteiger partial charge in [0.1, 0.15) is 0 Å². The first-order valence-electron chi connectivity index (χ1n) is 7.80. The molecular formula is C18H22N2O3S. The van der Waals surface area contributed by atoms with Gasteiger partial charge < -0.3 is 5.32 Å². The van der Waals surface area contributed by atoms with Crippen LogP contribution in [0.3, 0.4) is 0 Å². The zero-order chi connectivity index (χ0) is 17.7. The van der Waals surface area contributed by atoms with Crippen LogP contribution in [0.2, 0.25) is 0 Å². The Kier molecular flexibility index (Phi) is 5.75. The van der Waals surface area contributed by atoms with E-state index in [1.807, 2.05) is 19.1 Å². The largest absolute Gasteiger partial charge is 0.325 e. The Morgan fingerprint density at radius 2 is 1.62 bits per heavy atom. The number of nitrogens with one attached hydrogen (secondary N) is 2. The lowest BCUT2D eigenvalue weighted by molar-refractivity contribution is -0.117. The third kappa shape index (κ3) is 4.66. The van der Waals surface area contributed by atoms with Gasteiger partial charge >= 0.3 is 0 Å². The topological polar surface area (TPSA) is 75.3 Å². The first-order chi connectivity index (χ1) is 11.3. The van der Waals surface area contributed by atoms with Crippen molar-refractivity contribution in [2.75, 3.05) is 5.32 Å². The lowest BCUT2D eigenvalue weighted by Gasteiger charge is -2.15. The average Bonchev–Trinajstić information content (AvgIpc) is 2.55. The molecule has 0 fully saturated rings. The molecular weight excluding hydrogens is 324 g/mol. The number of hydrogen-bond donors (Lipinski definition) is 2. The Labute approximate surface area is 143 Å². The molecule has 0 aliphatic rings. The van der Waals surface area contributed by atoms with Crippen LogP contribution in [-0.2, 0) is 21.2 Å². The van der Waals surface area contributed by atoms with Crippen LogP contribution in [-0.4, -0.2) is 20.4 Å². The molecule has 6 heteroatoms. The maximum atomic E-state index is 12.3. The maximum absolute atomic E-state index is 12.3. The molecule has 0 aliphatic heterocycles. The van der Waals surface area contributed by atoms with E-state index in [-0.39, 0.29) is 4.90 Å². The van der Waals surface area contributed by atoms with E-state index in [0.29, 0.717) is 5.69 Å². The van der Waals surface area contributed by atoms with Crippen molar-refractivity contribution in [3.8, 4) is 0 Å². The van der Waals surface area contributed by atoms with Crippen molar-refractivity contribution in [2.24, 2.45) is 0 Å². The molecule has 0 saturated heterocycles. The van der Waals surface area contributed by atoms with Crippen molar-refractivity contribution < 1.29 is 13.2 Å². The minimum absolute atomic E-state index is 0.139. The van der Waals surface area contributed by atoms with Gasteiger partial charge in [-0.25, -0.2) is 8.42 Å². The lowest BCUT2D eigenvalue weighted by Crippen LogP contribution is -2.41. The van der Waals surface area contributed by atoms with Crippen LogP contribution in [0.15, 0.2) is 53.4 Å². The fourth-order valence-corrected chi connectivity index (χ4v) is 3.35. The average molecular weight is 346 g/mol. The van der Waals surface area contributed by atoms with Crippen molar-refractivity contribution in [3.05, 3.63) is 59.7 Å². The molecule has 0 aromatic heterocycles. The van der Waals surface area contributed by atoms with Gasteiger partial charge in [0, 0.05) is 5.69 Å². The van der Waals surface area contributed by atoms with Crippen molar-refractivity contribution in [3.63, 3.8) is 0 Å². The Morgan fingerprint density at radius 1 is 1.04 bits per heavy atom. The second-order valence-corrected chi connectivity index (χ2v) is 7.41. The monoisotopic (exact) mass is 346 g/mol. The summed E-state index contributed by atoms with van der Waals surface area (Å²) in [7, 11) is -3.74. The summed E-state index contributed by atoms with van der Waals surface area (Å²) in [5, 5.41) is 2.71. The summed E-state index contributed by atoms with van der Waals surface area (Å²) in [5.41, 5.74) is 2.77. The van der Waals surface area contributed by atoms with Crippen LogP contribution in [0.5, 0.6) is 0 Å². The highest BCUT2D eigenvalue weighted by molar-refractivity contribution is 7.89. The third-order valence-electron chi connectivity index (χ3n) is 3.69. The van der Waals surface area contributed by atoms with Gasteiger partial charge in [-0.1, -0.05) is 36.8 Å². The molecule has 0 bridgehead atoms. The smallest absolute Gasteiger partial charge is 0.242 e. The molecule has 0 unspecified atom stereocenters. The van der Waals surface area contributed by atoms with Crippen LogP contribution in [0.4, 0.5) is 5.69 Å². The number of sulfonamides is 1. The first kappa shape index (κ1) is 18.2. The molecule has 0 radical (unpaired) electrons. The SMILES string of the molecule is CCc1ccc(NC(=O)[C@@H](C)NS(=O)(=O)c2ccc(C)cc2)cc1. The summed E-state index contributed by atoms with van der Waals surface area (Å²) < 4.78 is 27.0. The number of amides is 1. The molecule has 2 N–H and O–H groups in total. The summed E-state index contributed by atoms with van der Waals surface area (Å²) in [5.74, 6) is -0.407. The molecule has 2 rings (SSSR count). The number of anilines is 1. The molecule has 5 nitrogen and oxygen atoms in total. The molecule has 1 amide bonds. The van der Waals surface area contributed by atoms with Crippen LogP contribution in [0, 0.1) is 6.92 Å². The van der Waals surface area contributed by atoms with E-state index < -0.39 is 22.0 Å². The zero-order valence-corrected chi connectivity index (χ0v) is 14.9. The van der Waals surface area contributed by atoms with E-state index in [1.165, 1.54) is 24.6 Å². The van der Waals surface area contributed by atoms with Crippen molar-refractivity contribution in [1.82, 2.24) is 4.72 Å². The maximum Gasteiger partial charge on any atom is 0.242 e. The van der Waals surface area contributed by atoms with E-state index >= 15 is 0 Å². The van der Waals surface area contributed by atoms with Gasteiger partial charge in [-0.3, -0.25) is 4.79 Å². The Balaban J connectivity index is 2.03. The van der Waals surface area contributed by atoms with E-state index in [1.54, 1.807) is 24.3 Å². The van der Waals surface area contributed by atoms with Gasteiger partial charge in [0.05, 0.1) is 10.9 Å². The van der Waals surface area contributed by atoms with Crippen LogP contribution in [0.25, 0.3) is 0 Å². The molecule has 2 aromatic carbocycles. The fourth-order valence-electron chi connectivity index (χ4n) is 2.15. The van der Waals surface area contributed by atoms with Crippen LogP contribution in [0.1, 0.15) is 25.0 Å². The second-order valence-electron chi connectivity index (χ2n) is 5.70. The summed E-state index contributed by atoms with van der Waals surface area (Å²) in [4.78, 5) is 12.3. The highest BCUT2D eigenvalue weighted by Crippen LogP contribution is 2.12. The van der Waals surface area contributed by atoms with Gasteiger partial charge in [-0.05, 0) is 50.1 Å². The molecule has 128 valence electrons. The highest BCUT2D eigenvalue weighted by Gasteiger charge is 2.22. The highest BCUT2D eigenvalue weighted by atomic mass is 32.2. The molecule has 1 atom stereocenters. The zero-order valence-electron chi connectivity index (χ0n) is 14.0. The van der Waals surface area contributed by atoms with Gasteiger partial charge in [-0.15, -0.1) is 0 Å². The van der Waals surface area contributed by atoms with Gasteiger partial charge in [0.25, 0.3) is 0 Å². The molecule has 0 saturated carbocycles. The number of carbonyl (C=O) groups is 1. The van der Waals surface area contributed by atoms with Crippen molar-refractivity contribution in [1.29, 1.82) is 0 Å². The van der Waals surface area contributed by atoms with Crippen molar-refractivity contribution in [2.45, 2.75) is 38.1 Å². The predicted molar refractivity (Wildman–Crippen MR) is 95.4 cm³/mol. The summed E-state index contributed by atoms with van der Waals surface area (Å²) in [6, 6.07) is 13.0. The first-order valence-corrected chi connectivity index (χ1v) is 9.29. The number of benzene rings is 2. The minimum atomic E-state index is -3.74. The Bertz CT molecular complexity index is 797. The molecule has 24 heavy (non-hydrogen) atoms. The predicted octanol–water partition coefficient (Wildman–Crippen LogP) is 2.86. The summed E-state index contributed by atoms with van der Waals surface area (Å²) in [6.45, 7) is 5.45. The lowest BCUT2D eigenvalue weighted by atomic mass is 10.1. The van der Waals surface area contributed by atoms with Crippen LogP contribution >= 0.6 is 0 Å². The number of hydrogen-bond acceptors (Lipinski definition) is 3. The van der Waals surface area contributed by atoms with Gasteiger partial charge in [0.2, 0.25) is 15.9 Å². The minimum Gasteiger partial charge on any atom is -0.325 e. The second kappa shape index (κ2) is 7.59.